The number of hydrogen-bond donors (Lipinski definition) is 0. The summed E-state index contributed by atoms with van der Waals surface area (Å²) in [6, 6.07) is 2.15. The van der Waals surface area contributed by atoms with Crippen LogP contribution < -0.4 is 0 Å². The van der Waals surface area contributed by atoms with Gasteiger partial charge >= 0.3 is 5.97 Å². The molecule has 0 saturated carbocycles. The van der Waals surface area contributed by atoms with Gasteiger partial charge in [-0.1, -0.05) is 20.3 Å². The fourth-order valence-electron chi connectivity index (χ4n) is 1.48. The maximum absolute atomic E-state index is 11.5. The normalized spacial score (nSPS) is 10.3. The summed E-state index contributed by atoms with van der Waals surface area (Å²) in [7, 11) is 1.44. The number of unbranched alkanes of at least 4 members (excludes halogenated alkanes) is 1. The minimum absolute atomic E-state index is 0.189. The summed E-state index contributed by atoms with van der Waals surface area (Å²) in [5.74, 6) is -0.189. The van der Waals surface area contributed by atoms with Gasteiger partial charge in [0.15, 0.2) is 0 Å². The van der Waals surface area contributed by atoms with Crippen molar-refractivity contribution in [3.63, 3.8) is 0 Å². The quantitative estimate of drug-likeness (QED) is 0.719. The molecule has 0 radical (unpaired) electrons. The number of thiophene rings is 1. The zero-order valence-electron chi connectivity index (χ0n) is 9.63. The Labute approximate surface area is 95.3 Å². The molecule has 1 heterocycles. The molecule has 0 spiro atoms. The molecule has 1 aromatic rings. The molecule has 0 N–H and O–H groups in total. The van der Waals surface area contributed by atoms with Gasteiger partial charge in [-0.3, -0.25) is 0 Å². The lowest BCUT2D eigenvalue weighted by atomic mass is 10.1. The van der Waals surface area contributed by atoms with Crippen LogP contribution in [-0.4, -0.2) is 13.1 Å². The number of ether oxygens (including phenoxy) is 1. The highest BCUT2D eigenvalue weighted by Gasteiger charge is 2.15. The second kappa shape index (κ2) is 5.91. The number of aryl methyl sites for hydroxylation is 2. The number of carbonyl (C=O) groups excluding carboxylic acids is 1. The zero-order valence-corrected chi connectivity index (χ0v) is 10.4. The van der Waals surface area contributed by atoms with Crippen LogP contribution in [0.3, 0.4) is 0 Å². The van der Waals surface area contributed by atoms with E-state index >= 15 is 0 Å². The van der Waals surface area contributed by atoms with Gasteiger partial charge in [-0.15, -0.1) is 11.3 Å². The highest BCUT2D eigenvalue weighted by atomic mass is 32.1. The summed E-state index contributed by atoms with van der Waals surface area (Å²) in [5.41, 5.74) is 1.16. The second-order valence-electron chi connectivity index (χ2n) is 3.52. The Morgan fingerprint density at radius 3 is 2.73 bits per heavy atom. The van der Waals surface area contributed by atoms with E-state index < -0.39 is 0 Å². The maximum Gasteiger partial charge on any atom is 0.348 e. The molecule has 3 heteroatoms. The summed E-state index contributed by atoms with van der Waals surface area (Å²) < 4.78 is 4.79. The van der Waals surface area contributed by atoms with E-state index in [9.17, 15) is 4.79 Å². The first kappa shape index (κ1) is 12.2. The van der Waals surface area contributed by atoms with Crippen molar-refractivity contribution in [1.82, 2.24) is 0 Å². The highest BCUT2D eigenvalue weighted by Crippen LogP contribution is 2.25. The standard InChI is InChI=1S/C12H18O2S/c1-4-6-7-9-8-10(5-2)15-11(9)12(13)14-3/h8H,4-7H2,1-3H3. The maximum atomic E-state index is 11.5. The number of hydrogen-bond acceptors (Lipinski definition) is 3. The van der Waals surface area contributed by atoms with E-state index in [0.717, 1.165) is 36.1 Å². The van der Waals surface area contributed by atoms with Crippen molar-refractivity contribution in [2.75, 3.05) is 7.11 Å². The van der Waals surface area contributed by atoms with Crippen molar-refractivity contribution in [2.45, 2.75) is 39.5 Å². The molecule has 0 unspecified atom stereocenters. The average Bonchev–Trinajstić information content (AvgIpc) is 2.68. The molecule has 15 heavy (non-hydrogen) atoms. The van der Waals surface area contributed by atoms with E-state index in [1.807, 2.05) is 0 Å². The van der Waals surface area contributed by atoms with E-state index in [0.29, 0.717) is 0 Å². The molecule has 0 aliphatic carbocycles. The van der Waals surface area contributed by atoms with Crippen LogP contribution >= 0.6 is 11.3 Å². The van der Waals surface area contributed by atoms with Crippen LogP contribution in [0.15, 0.2) is 6.07 Å². The minimum atomic E-state index is -0.189. The average molecular weight is 226 g/mol. The molecule has 0 fully saturated rings. The van der Waals surface area contributed by atoms with E-state index in [2.05, 4.69) is 19.9 Å². The summed E-state index contributed by atoms with van der Waals surface area (Å²) in [4.78, 5) is 13.6. The van der Waals surface area contributed by atoms with Crippen LogP contribution in [0, 0.1) is 0 Å². The molecule has 1 rings (SSSR count). The molecule has 0 atom stereocenters. The van der Waals surface area contributed by atoms with Gasteiger partial charge in [-0.25, -0.2) is 4.79 Å². The fourth-order valence-corrected chi connectivity index (χ4v) is 2.55. The molecule has 0 amide bonds. The molecule has 84 valence electrons. The van der Waals surface area contributed by atoms with Crippen LogP contribution in [0.5, 0.6) is 0 Å². The minimum Gasteiger partial charge on any atom is -0.465 e. The van der Waals surface area contributed by atoms with Crippen LogP contribution in [0.25, 0.3) is 0 Å². The first-order chi connectivity index (χ1) is 7.22. The van der Waals surface area contributed by atoms with E-state index in [1.165, 1.54) is 12.0 Å². The SMILES string of the molecule is CCCCc1cc(CC)sc1C(=O)OC. The Balaban J connectivity index is 2.89. The Hall–Kier alpha value is -0.830. The predicted octanol–water partition coefficient (Wildman–Crippen LogP) is 3.44. The topological polar surface area (TPSA) is 26.3 Å². The lowest BCUT2D eigenvalue weighted by Gasteiger charge is -2.00. The van der Waals surface area contributed by atoms with E-state index in [1.54, 1.807) is 11.3 Å². The number of methoxy groups -OCH3 is 1. The van der Waals surface area contributed by atoms with Crippen LogP contribution in [0.4, 0.5) is 0 Å². The van der Waals surface area contributed by atoms with Gasteiger partial charge in [0, 0.05) is 4.88 Å². The van der Waals surface area contributed by atoms with Crippen molar-refractivity contribution < 1.29 is 9.53 Å². The number of carbonyl (C=O) groups is 1. The van der Waals surface area contributed by atoms with Gasteiger partial charge in [0.25, 0.3) is 0 Å². The third-order valence-electron chi connectivity index (χ3n) is 2.38. The van der Waals surface area contributed by atoms with E-state index in [-0.39, 0.29) is 5.97 Å². The van der Waals surface area contributed by atoms with Crippen molar-refractivity contribution in [1.29, 1.82) is 0 Å². The number of rotatable bonds is 5. The molecule has 0 saturated heterocycles. The first-order valence-corrected chi connectivity index (χ1v) is 6.24. The van der Waals surface area contributed by atoms with Gasteiger partial charge in [-0.05, 0) is 30.9 Å². The summed E-state index contributed by atoms with van der Waals surface area (Å²) in [6.45, 7) is 4.27. The molecule has 0 aliphatic rings. The van der Waals surface area contributed by atoms with Crippen LogP contribution in [0.1, 0.15) is 46.8 Å². The van der Waals surface area contributed by atoms with Crippen molar-refractivity contribution in [3.05, 3.63) is 21.4 Å². The molecular weight excluding hydrogens is 208 g/mol. The smallest absolute Gasteiger partial charge is 0.348 e. The van der Waals surface area contributed by atoms with Gasteiger partial charge in [-0.2, -0.15) is 0 Å². The summed E-state index contributed by atoms with van der Waals surface area (Å²) in [5, 5.41) is 0. The third kappa shape index (κ3) is 3.06. The lowest BCUT2D eigenvalue weighted by Crippen LogP contribution is -2.01. The Morgan fingerprint density at radius 2 is 2.20 bits per heavy atom. The Bertz CT molecular complexity index is 328. The fraction of sp³-hybridized carbons (Fsp3) is 0.583. The van der Waals surface area contributed by atoms with Gasteiger partial charge in [0.05, 0.1) is 7.11 Å². The van der Waals surface area contributed by atoms with Crippen LogP contribution in [0.2, 0.25) is 0 Å². The van der Waals surface area contributed by atoms with Crippen molar-refractivity contribution in [3.8, 4) is 0 Å². The van der Waals surface area contributed by atoms with Crippen molar-refractivity contribution >= 4 is 17.3 Å². The third-order valence-corrected chi connectivity index (χ3v) is 3.68. The molecule has 0 bridgehead atoms. The van der Waals surface area contributed by atoms with Gasteiger partial charge in [0.1, 0.15) is 4.88 Å². The zero-order chi connectivity index (χ0) is 11.3. The summed E-state index contributed by atoms with van der Waals surface area (Å²) in [6.07, 6.45) is 4.25. The monoisotopic (exact) mass is 226 g/mol. The lowest BCUT2D eigenvalue weighted by molar-refractivity contribution is 0.0605. The van der Waals surface area contributed by atoms with Crippen LogP contribution in [-0.2, 0) is 17.6 Å². The van der Waals surface area contributed by atoms with Gasteiger partial charge < -0.3 is 4.74 Å². The molecule has 1 aromatic heterocycles. The molecule has 2 nitrogen and oxygen atoms in total. The molecule has 0 aliphatic heterocycles. The number of esters is 1. The summed E-state index contributed by atoms with van der Waals surface area (Å²) >= 11 is 1.57. The molecule has 0 aromatic carbocycles. The van der Waals surface area contributed by atoms with Gasteiger partial charge in [0.2, 0.25) is 0 Å². The van der Waals surface area contributed by atoms with Crippen molar-refractivity contribution in [2.24, 2.45) is 0 Å². The molecular formula is C12H18O2S. The van der Waals surface area contributed by atoms with E-state index in [4.69, 9.17) is 4.74 Å². The largest absolute Gasteiger partial charge is 0.465 e. The Kier molecular flexibility index (Phi) is 4.82. The Morgan fingerprint density at radius 1 is 1.47 bits per heavy atom. The predicted molar refractivity (Wildman–Crippen MR) is 63.6 cm³/mol. The first-order valence-electron chi connectivity index (χ1n) is 5.42. The second-order valence-corrected chi connectivity index (χ2v) is 4.65. The highest BCUT2D eigenvalue weighted by molar-refractivity contribution is 7.14.